The molecule has 5 aromatic rings. The van der Waals surface area contributed by atoms with Gasteiger partial charge in [-0.15, -0.1) is 0 Å². The van der Waals surface area contributed by atoms with E-state index in [0.29, 0.717) is 0 Å². The van der Waals surface area contributed by atoms with Gasteiger partial charge in [0.25, 0.3) is 0 Å². The fourth-order valence-electron chi connectivity index (χ4n) is 3.79. The Balaban J connectivity index is 1.25. The van der Waals surface area contributed by atoms with Crippen molar-refractivity contribution in [3.05, 3.63) is 122 Å². The van der Waals surface area contributed by atoms with Crippen LogP contribution >= 0.6 is 0 Å². The Labute approximate surface area is 210 Å². The SMILES string of the molecule is C=C(C)c1ccc2nccc(Nc3ccc(C(=C)Nc4ccc(Nc5ccncc5)cc4)cn3)c2c1. The number of nitrogens with zero attached hydrogens (tertiary/aromatic N) is 3. The number of allylic oxidation sites excluding steroid dienone is 1. The van der Waals surface area contributed by atoms with E-state index in [2.05, 4.69) is 50.1 Å². The third kappa shape index (κ3) is 5.23. The molecule has 0 radical (unpaired) electrons. The molecule has 0 amide bonds. The lowest BCUT2D eigenvalue weighted by atomic mass is 10.0. The van der Waals surface area contributed by atoms with E-state index in [1.54, 1.807) is 24.8 Å². The second-order valence-electron chi connectivity index (χ2n) is 8.47. The van der Waals surface area contributed by atoms with Crippen LogP contribution in [-0.2, 0) is 0 Å². The van der Waals surface area contributed by atoms with Crippen molar-refractivity contribution in [2.24, 2.45) is 0 Å². The van der Waals surface area contributed by atoms with Crippen molar-refractivity contribution in [1.29, 1.82) is 0 Å². The summed E-state index contributed by atoms with van der Waals surface area (Å²) in [4.78, 5) is 13.1. The summed E-state index contributed by atoms with van der Waals surface area (Å²) in [5.41, 5.74) is 8.57. The zero-order chi connectivity index (χ0) is 24.9. The van der Waals surface area contributed by atoms with Crippen LogP contribution in [-0.4, -0.2) is 15.0 Å². The minimum absolute atomic E-state index is 0.742. The molecule has 0 aliphatic rings. The molecule has 3 aromatic heterocycles. The third-order valence-corrected chi connectivity index (χ3v) is 5.76. The van der Waals surface area contributed by atoms with Gasteiger partial charge >= 0.3 is 0 Å². The van der Waals surface area contributed by atoms with Gasteiger partial charge in [0, 0.05) is 58.5 Å². The number of nitrogens with one attached hydrogen (secondary N) is 3. The van der Waals surface area contributed by atoms with Gasteiger partial charge in [-0.05, 0) is 79.2 Å². The zero-order valence-corrected chi connectivity index (χ0v) is 20.0. The highest BCUT2D eigenvalue weighted by Crippen LogP contribution is 2.28. The van der Waals surface area contributed by atoms with Crippen LogP contribution in [0.25, 0.3) is 22.2 Å². The molecule has 0 fully saturated rings. The Bertz CT molecular complexity index is 1520. The van der Waals surface area contributed by atoms with Crippen LogP contribution < -0.4 is 16.0 Å². The molecule has 0 saturated heterocycles. The van der Waals surface area contributed by atoms with Gasteiger partial charge in [0.2, 0.25) is 0 Å². The molecule has 0 unspecified atom stereocenters. The van der Waals surface area contributed by atoms with Crippen molar-refractivity contribution in [2.45, 2.75) is 6.92 Å². The minimum Gasteiger partial charge on any atom is -0.355 e. The van der Waals surface area contributed by atoms with Crippen molar-refractivity contribution in [3.8, 4) is 0 Å². The number of anilines is 5. The van der Waals surface area contributed by atoms with Crippen LogP contribution in [0.2, 0.25) is 0 Å². The molecule has 6 nitrogen and oxygen atoms in total. The molecule has 0 saturated carbocycles. The highest BCUT2D eigenvalue weighted by Gasteiger charge is 2.07. The summed E-state index contributed by atoms with van der Waals surface area (Å²) >= 11 is 0. The molecule has 3 N–H and O–H groups in total. The Kier molecular flexibility index (Phi) is 6.40. The highest BCUT2D eigenvalue weighted by atomic mass is 15.0. The van der Waals surface area contributed by atoms with Gasteiger partial charge in [-0.1, -0.05) is 24.8 Å². The number of fused-ring (bicyclic) bond motifs is 1. The lowest BCUT2D eigenvalue weighted by Crippen LogP contribution is -2.00. The van der Waals surface area contributed by atoms with Gasteiger partial charge in [0.05, 0.1) is 11.2 Å². The first-order valence-corrected chi connectivity index (χ1v) is 11.6. The lowest BCUT2D eigenvalue weighted by Gasteiger charge is -2.13. The maximum absolute atomic E-state index is 4.60. The number of benzene rings is 2. The summed E-state index contributed by atoms with van der Waals surface area (Å²) < 4.78 is 0. The Hall–Kier alpha value is -4.97. The smallest absolute Gasteiger partial charge is 0.130 e. The van der Waals surface area contributed by atoms with Crippen LogP contribution in [0.15, 0.2) is 111 Å². The number of hydrogen-bond donors (Lipinski definition) is 3. The molecule has 5 rings (SSSR count). The van der Waals surface area contributed by atoms with E-state index >= 15 is 0 Å². The topological polar surface area (TPSA) is 74.8 Å². The number of rotatable bonds is 8. The van der Waals surface area contributed by atoms with E-state index in [4.69, 9.17) is 0 Å². The summed E-state index contributed by atoms with van der Waals surface area (Å²) in [5.74, 6) is 0.742. The maximum Gasteiger partial charge on any atom is 0.130 e. The first-order chi connectivity index (χ1) is 17.5. The second kappa shape index (κ2) is 10.1. The predicted molar refractivity (Wildman–Crippen MR) is 151 cm³/mol. The van der Waals surface area contributed by atoms with Gasteiger partial charge in [-0.2, -0.15) is 0 Å². The van der Waals surface area contributed by atoms with Gasteiger partial charge in [-0.25, -0.2) is 4.98 Å². The maximum atomic E-state index is 4.60. The molecule has 2 aromatic carbocycles. The summed E-state index contributed by atoms with van der Waals surface area (Å²) in [7, 11) is 0. The van der Waals surface area contributed by atoms with Crippen LogP contribution in [0.1, 0.15) is 18.1 Å². The summed E-state index contributed by atoms with van der Waals surface area (Å²) in [6, 6.07) is 23.9. The van der Waals surface area contributed by atoms with Crippen LogP contribution in [0.3, 0.4) is 0 Å². The van der Waals surface area contributed by atoms with E-state index in [9.17, 15) is 0 Å². The first kappa shape index (κ1) is 22.8. The predicted octanol–water partition coefficient (Wildman–Crippen LogP) is 7.63. The Morgan fingerprint density at radius 1 is 0.694 bits per heavy atom. The van der Waals surface area contributed by atoms with Crippen molar-refractivity contribution in [1.82, 2.24) is 15.0 Å². The largest absolute Gasteiger partial charge is 0.355 e. The minimum atomic E-state index is 0.742. The van der Waals surface area contributed by atoms with E-state index in [-0.39, 0.29) is 0 Å². The molecule has 36 heavy (non-hydrogen) atoms. The molecule has 0 atom stereocenters. The standard InChI is InChI=1S/C30H26N6/c1-20(2)22-4-10-28-27(18-22)29(14-17-32-28)36-30-11-5-23(19-33-30)21(3)34-24-6-8-25(9-7-24)35-26-12-15-31-16-13-26/h4-19,34H,1,3H2,2H3,(H,31,35)(H,32,33,36). The van der Waals surface area contributed by atoms with E-state index in [1.165, 1.54) is 0 Å². The Morgan fingerprint density at radius 2 is 1.42 bits per heavy atom. The monoisotopic (exact) mass is 470 g/mol. The number of aromatic nitrogens is 3. The highest BCUT2D eigenvalue weighted by molar-refractivity contribution is 5.94. The van der Waals surface area contributed by atoms with Crippen molar-refractivity contribution >= 4 is 50.7 Å². The fourth-order valence-corrected chi connectivity index (χ4v) is 3.79. The molecule has 6 heteroatoms. The quantitative estimate of drug-likeness (QED) is 0.216. The van der Waals surface area contributed by atoms with Gasteiger partial charge in [0.15, 0.2) is 0 Å². The molecular formula is C30H26N6. The first-order valence-electron chi connectivity index (χ1n) is 11.6. The van der Waals surface area contributed by atoms with E-state index < -0.39 is 0 Å². The van der Waals surface area contributed by atoms with Crippen LogP contribution in [0.4, 0.5) is 28.6 Å². The van der Waals surface area contributed by atoms with Crippen molar-refractivity contribution in [2.75, 3.05) is 16.0 Å². The van der Waals surface area contributed by atoms with Gasteiger partial charge in [0.1, 0.15) is 5.82 Å². The summed E-state index contributed by atoms with van der Waals surface area (Å²) in [5, 5.41) is 11.1. The summed E-state index contributed by atoms with van der Waals surface area (Å²) in [6.45, 7) is 10.2. The fraction of sp³-hybridized carbons (Fsp3) is 0.0333. The van der Waals surface area contributed by atoms with Gasteiger partial charge in [-0.3, -0.25) is 9.97 Å². The van der Waals surface area contributed by atoms with E-state index in [1.807, 2.05) is 73.7 Å². The Morgan fingerprint density at radius 3 is 2.14 bits per heavy atom. The van der Waals surface area contributed by atoms with Crippen LogP contribution in [0.5, 0.6) is 0 Å². The summed E-state index contributed by atoms with van der Waals surface area (Å²) in [6.07, 6.45) is 7.12. The lowest BCUT2D eigenvalue weighted by molar-refractivity contribution is 1.29. The number of hydrogen-bond acceptors (Lipinski definition) is 6. The van der Waals surface area contributed by atoms with Gasteiger partial charge < -0.3 is 16.0 Å². The molecule has 0 aliphatic carbocycles. The second-order valence-corrected chi connectivity index (χ2v) is 8.47. The molecule has 0 aliphatic heterocycles. The average Bonchev–Trinajstić information content (AvgIpc) is 2.91. The average molecular weight is 471 g/mol. The van der Waals surface area contributed by atoms with Crippen molar-refractivity contribution in [3.63, 3.8) is 0 Å². The molecule has 3 heterocycles. The van der Waals surface area contributed by atoms with Crippen molar-refractivity contribution < 1.29 is 0 Å². The zero-order valence-electron chi connectivity index (χ0n) is 20.0. The number of pyridine rings is 3. The molecule has 176 valence electrons. The molecule has 0 spiro atoms. The third-order valence-electron chi connectivity index (χ3n) is 5.76. The van der Waals surface area contributed by atoms with Crippen LogP contribution in [0, 0.1) is 0 Å². The molecule has 0 bridgehead atoms. The van der Waals surface area contributed by atoms with E-state index in [0.717, 1.165) is 61.9 Å². The normalized spacial score (nSPS) is 10.6. The molecular weight excluding hydrogens is 444 g/mol.